The summed E-state index contributed by atoms with van der Waals surface area (Å²) in [6.07, 6.45) is 5.67. The van der Waals surface area contributed by atoms with Crippen molar-refractivity contribution in [1.29, 1.82) is 0 Å². The summed E-state index contributed by atoms with van der Waals surface area (Å²) in [6, 6.07) is 10.3. The molecule has 0 amide bonds. The Morgan fingerprint density at radius 2 is 1.88 bits per heavy atom. The quantitative estimate of drug-likeness (QED) is 0.602. The summed E-state index contributed by atoms with van der Waals surface area (Å²) in [5.74, 6) is -0.268. The highest BCUT2D eigenvalue weighted by molar-refractivity contribution is 5.88. The average Bonchev–Trinajstić information content (AvgIpc) is 3.21. The molecule has 5 heteroatoms. The second-order valence-corrected chi connectivity index (χ2v) is 5.72. The molecular weight excluding hydrogens is 303 g/mol. The van der Waals surface area contributed by atoms with Crippen LogP contribution >= 0.6 is 0 Å². The van der Waals surface area contributed by atoms with Crippen LogP contribution in [0, 0.1) is 5.82 Å². The van der Waals surface area contributed by atoms with E-state index in [4.69, 9.17) is 0 Å². The Labute approximate surface area is 138 Å². The number of hydrogen-bond donors (Lipinski definition) is 1. The Bertz CT molecular complexity index is 1040. The first-order valence-electron chi connectivity index (χ1n) is 7.57. The lowest BCUT2D eigenvalue weighted by Crippen LogP contribution is -1.90. The predicted molar refractivity (Wildman–Crippen MR) is 92.9 cm³/mol. The summed E-state index contributed by atoms with van der Waals surface area (Å²) in [5, 5.41) is 7.51. The number of imidazole rings is 1. The van der Waals surface area contributed by atoms with Gasteiger partial charge in [-0.2, -0.15) is 5.10 Å². The van der Waals surface area contributed by atoms with E-state index in [2.05, 4.69) is 21.8 Å². The molecule has 1 aromatic carbocycles. The molecule has 4 nitrogen and oxygen atoms in total. The lowest BCUT2D eigenvalue weighted by atomic mass is 9.98. The zero-order chi connectivity index (χ0) is 16.7. The van der Waals surface area contributed by atoms with Gasteiger partial charge in [0.15, 0.2) is 0 Å². The monoisotopic (exact) mass is 318 g/mol. The van der Waals surface area contributed by atoms with E-state index >= 15 is 0 Å². The van der Waals surface area contributed by atoms with E-state index in [-0.39, 0.29) is 5.82 Å². The highest BCUT2D eigenvalue weighted by Gasteiger charge is 2.17. The van der Waals surface area contributed by atoms with E-state index in [9.17, 15) is 4.39 Å². The Hall–Kier alpha value is -3.21. The molecule has 4 rings (SSSR count). The highest BCUT2D eigenvalue weighted by atomic mass is 19.1. The van der Waals surface area contributed by atoms with Gasteiger partial charge in [-0.05, 0) is 48.9 Å². The van der Waals surface area contributed by atoms with Crippen LogP contribution in [0.4, 0.5) is 4.39 Å². The SMILES string of the molecule is C=C(C)c1[nH]nc(-c2ccc(F)cc2)c1-c1ccc2nccn2c1. The number of pyridine rings is 1. The lowest BCUT2D eigenvalue weighted by molar-refractivity contribution is 0.628. The fourth-order valence-corrected chi connectivity index (χ4v) is 2.82. The van der Waals surface area contributed by atoms with E-state index in [0.717, 1.165) is 39.3 Å². The number of halogens is 1. The predicted octanol–water partition coefficient (Wildman–Crippen LogP) is 4.56. The molecule has 0 bridgehead atoms. The number of aromatic amines is 1. The van der Waals surface area contributed by atoms with Gasteiger partial charge in [-0.3, -0.25) is 5.10 Å². The molecule has 0 spiro atoms. The maximum absolute atomic E-state index is 13.2. The fourth-order valence-electron chi connectivity index (χ4n) is 2.82. The van der Waals surface area contributed by atoms with Crippen LogP contribution in [-0.4, -0.2) is 19.6 Å². The van der Waals surface area contributed by atoms with Crippen molar-refractivity contribution in [2.75, 3.05) is 0 Å². The third kappa shape index (κ3) is 2.31. The first kappa shape index (κ1) is 14.4. The number of H-pyrrole nitrogens is 1. The van der Waals surface area contributed by atoms with Gasteiger partial charge in [0.2, 0.25) is 0 Å². The Kier molecular flexibility index (Phi) is 3.27. The Morgan fingerprint density at radius 3 is 2.62 bits per heavy atom. The molecular formula is C19H15FN4. The smallest absolute Gasteiger partial charge is 0.136 e. The second-order valence-electron chi connectivity index (χ2n) is 5.72. The van der Waals surface area contributed by atoms with Crippen LogP contribution in [0.15, 0.2) is 61.6 Å². The normalized spacial score (nSPS) is 11.1. The average molecular weight is 318 g/mol. The number of benzene rings is 1. The van der Waals surface area contributed by atoms with Crippen LogP contribution in [-0.2, 0) is 0 Å². The summed E-state index contributed by atoms with van der Waals surface area (Å²) >= 11 is 0. The maximum atomic E-state index is 13.2. The van der Waals surface area contributed by atoms with Gasteiger partial charge >= 0.3 is 0 Å². The molecule has 4 aromatic rings. The maximum Gasteiger partial charge on any atom is 0.136 e. The molecule has 0 fully saturated rings. The summed E-state index contributed by atoms with van der Waals surface area (Å²) < 4.78 is 15.2. The standard InChI is InChI=1S/C19H15FN4/c1-12(2)18-17(14-5-8-16-21-9-10-24(16)11-14)19(23-22-18)13-3-6-15(20)7-4-13/h3-11H,1H2,2H3,(H,22,23). The van der Waals surface area contributed by atoms with E-state index in [0.29, 0.717) is 0 Å². The molecule has 0 aliphatic heterocycles. The van der Waals surface area contributed by atoms with Gasteiger partial charge in [0.05, 0.1) is 5.69 Å². The first-order chi connectivity index (χ1) is 11.6. The lowest BCUT2D eigenvalue weighted by Gasteiger charge is -2.07. The molecule has 0 saturated carbocycles. The van der Waals surface area contributed by atoms with Crippen molar-refractivity contribution in [3.05, 3.63) is 73.1 Å². The molecule has 3 heterocycles. The molecule has 118 valence electrons. The third-order valence-electron chi connectivity index (χ3n) is 3.99. The van der Waals surface area contributed by atoms with Gasteiger partial charge in [0.25, 0.3) is 0 Å². The van der Waals surface area contributed by atoms with Gasteiger partial charge in [-0.15, -0.1) is 0 Å². The van der Waals surface area contributed by atoms with E-state index in [1.807, 2.05) is 35.9 Å². The van der Waals surface area contributed by atoms with Gasteiger partial charge < -0.3 is 4.40 Å². The highest BCUT2D eigenvalue weighted by Crippen LogP contribution is 2.35. The van der Waals surface area contributed by atoms with Gasteiger partial charge in [0.1, 0.15) is 17.2 Å². The van der Waals surface area contributed by atoms with Crippen molar-refractivity contribution in [2.45, 2.75) is 6.92 Å². The summed E-state index contributed by atoms with van der Waals surface area (Å²) in [7, 11) is 0. The van der Waals surface area contributed by atoms with Crippen LogP contribution in [0.2, 0.25) is 0 Å². The zero-order valence-corrected chi connectivity index (χ0v) is 13.1. The zero-order valence-electron chi connectivity index (χ0n) is 13.1. The first-order valence-corrected chi connectivity index (χ1v) is 7.57. The minimum absolute atomic E-state index is 0.268. The van der Waals surface area contributed by atoms with Gasteiger partial charge in [0, 0.05) is 35.3 Å². The van der Waals surface area contributed by atoms with Crippen molar-refractivity contribution in [3.63, 3.8) is 0 Å². The number of nitrogens with one attached hydrogen (secondary N) is 1. The molecule has 1 N–H and O–H groups in total. The van der Waals surface area contributed by atoms with Crippen LogP contribution in [0.1, 0.15) is 12.6 Å². The van der Waals surface area contributed by atoms with Crippen LogP contribution in [0.5, 0.6) is 0 Å². The molecule has 0 radical (unpaired) electrons. The topological polar surface area (TPSA) is 46.0 Å². The number of allylic oxidation sites excluding steroid dienone is 1. The number of aromatic nitrogens is 4. The number of rotatable bonds is 3. The second kappa shape index (κ2) is 5.45. The van der Waals surface area contributed by atoms with E-state index in [1.165, 1.54) is 12.1 Å². The van der Waals surface area contributed by atoms with Crippen molar-refractivity contribution in [3.8, 4) is 22.4 Å². The van der Waals surface area contributed by atoms with E-state index in [1.54, 1.807) is 18.3 Å². The molecule has 0 unspecified atom stereocenters. The molecule has 0 atom stereocenters. The van der Waals surface area contributed by atoms with E-state index < -0.39 is 0 Å². The number of nitrogens with zero attached hydrogens (tertiary/aromatic N) is 3. The Morgan fingerprint density at radius 1 is 1.12 bits per heavy atom. The molecule has 0 aliphatic rings. The van der Waals surface area contributed by atoms with Gasteiger partial charge in [-0.1, -0.05) is 6.58 Å². The minimum atomic E-state index is -0.268. The molecule has 3 aromatic heterocycles. The summed E-state index contributed by atoms with van der Waals surface area (Å²) in [5.41, 5.74) is 6.19. The third-order valence-corrected chi connectivity index (χ3v) is 3.99. The van der Waals surface area contributed by atoms with Crippen molar-refractivity contribution in [2.24, 2.45) is 0 Å². The number of fused-ring (bicyclic) bond motifs is 1. The van der Waals surface area contributed by atoms with Gasteiger partial charge in [-0.25, -0.2) is 9.37 Å². The van der Waals surface area contributed by atoms with Crippen molar-refractivity contribution < 1.29 is 4.39 Å². The van der Waals surface area contributed by atoms with Crippen LogP contribution in [0.3, 0.4) is 0 Å². The molecule has 24 heavy (non-hydrogen) atoms. The molecule has 0 aliphatic carbocycles. The Balaban J connectivity index is 1.96. The fraction of sp³-hybridized carbons (Fsp3) is 0.0526. The van der Waals surface area contributed by atoms with Crippen LogP contribution in [0.25, 0.3) is 33.6 Å². The van der Waals surface area contributed by atoms with Crippen LogP contribution < -0.4 is 0 Å². The number of hydrogen-bond acceptors (Lipinski definition) is 2. The summed E-state index contributed by atoms with van der Waals surface area (Å²) in [4.78, 5) is 4.27. The molecule has 0 saturated heterocycles. The summed E-state index contributed by atoms with van der Waals surface area (Å²) in [6.45, 7) is 5.97. The van der Waals surface area contributed by atoms with Crippen molar-refractivity contribution >= 4 is 11.2 Å². The largest absolute Gasteiger partial charge is 0.306 e. The minimum Gasteiger partial charge on any atom is -0.306 e. The van der Waals surface area contributed by atoms with Crippen molar-refractivity contribution in [1.82, 2.24) is 19.6 Å².